The average molecular weight is 113 g/mol. The van der Waals surface area contributed by atoms with Gasteiger partial charge < -0.3 is 4.89 Å². The van der Waals surface area contributed by atoms with Gasteiger partial charge in [0.25, 0.3) is 0 Å². The van der Waals surface area contributed by atoms with Crippen LogP contribution in [0, 0.1) is 5.16 Å². The first-order valence-corrected chi connectivity index (χ1v) is 2.43. The summed E-state index contributed by atoms with van der Waals surface area (Å²) in [5.74, 6) is 0. The van der Waals surface area contributed by atoms with Crippen LogP contribution in [0.5, 0.6) is 0 Å². The second-order valence-electron chi connectivity index (χ2n) is 0.603. The molecular formula is CH2F2NOP. The molecule has 2 nitrogen and oxygen atoms in total. The average Bonchev–Trinajstić information content (AvgIpc) is 1.36. The van der Waals surface area contributed by atoms with Gasteiger partial charge in [0.15, 0.2) is 0 Å². The molecule has 1 N–H and O–H groups in total. The van der Waals surface area contributed by atoms with Gasteiger partial charge in [0.2, 0.25) is 7.94 Å². The molecule has 0 saturated heterocycles. The van der Waals surface area contributed by atoms with Crippen molar-refractivity contribution in [1.29, 1.82) is 5.16 Å². The molecule has 0 aliphatic heterocycles. The van der Waals surface area contributed by atoms with Gasteiger partial charge in [-0.05, 0) is 0 Å². The molecule has 6 heavy (non-hydrogen) atoms. The zero-order valence-electron chi connectivity index (χ0n) is 2.69. The summed E-state index contributed by atoms with van der Waals surface area (Å²) in [7, 11) is -2.99. The van der Waals surface area contributed by atoms with Crippen molar-refractivity contribution in [3.05, 3.63) is 0 Å². The summed E-state index contributed by atoms with van der Waals surface area (Å²) in [5, 5.41) is 5.79. The highest BCUT2D eigenvalue weighted by Crippen LogP contribution is 2.19. The zero-order valence-corrected chi connectivity index (χ0v) is 3.58. The Bertz CT molecular complexity index is 64.6. The van der Waals surface area contributed by atoms with Crippen molar-refractivity contribution < 1.29 is 13.7 Å². The molecule has 0 amide bonds. The van der Waals surface area contributed by atoms with Gasteiger partial charge >= 0.3 is 6.17 Å². The van der Waals surface area contributed by atoms with Gasteiger partial charge in [-0.15, -0.1) is 5.16 Å². The van der Waals surface area contributed by atoms with E-state index in [-0.39, 0.29) is 0 Å². The van der Waals surface area contributed by atoms with Crippen molar-refractivity contribution in [2.24, 2.45) is 0 Å². The third-order valence-corrected chi connectivity index (χ3v) is 0.532. The Morgan fingerprint density at radius 1 is 1.67 bits per heavy atom. The summed E-state index contributed by atoms with van der Waals surface area (Å²) in [4.78, 5) is 9.21. The maximum absolute atomic E-state index is 10.7. The predicted octanol–water partition coefficient (Wildman–Crippen LogP) is 0.729. The maximum atomic E-state index is 10.7. The van der Waals surface area contributed by atoms with E-state index in [0.717, 1.165) is 0 Å². The Morgan fingerprint density at radius 2 is 1.83 bits per heavy atom. The lowest BCUT2D eigenvalue weighted by Gasteiger charge is -1.83. The minimum absolute atomic E-state index is 2.97. The normalized spacial score (nSPS) is 12.3. The van der Waals surface area contributed by atoms with E-state index in [1.54, 1.807) is 0 Å². The van der Waals surface area contributed by atoms with Crippen LogP contribution in [0.4, 0.5) is 8.78 Å². The summed E-state index contributed by atoms with van der Waals surface area (Å²) in [6.07, 6.45) is -2.97. The molecule has 0 radical (unpaired) electrons. The Balaban J connectivity index is 3.26. The second-order valence-corrected chi connectivity index (χ2v) is 1.65. The molecule has 0 aliphatic rings. The maximum Gasteiger partial charge on any atom is 0.409 e. The van der Waals surface area contributed by atoms with Gasteiger partial charge in [-0.1, -0.05) is 0 Å². The third-order valence-electron chi connectivity index (χ3n) is 0.177. The fourth-order valence-corrected chi connectivity index (χ4v) is 0. The van der Waals surface area contributed by atoms with Crippen LogP contribution in [-0.2, 0) is 0 Å². The molecular weight excluding hydrogens is 111 g/mol. The SMILES string of the molecule is N=[P+]([O-])C(F)F. The van der Waals surface area contributed by atoms with E-state index in [1.807, 2.05) is 0 Å². The molecule has 1 unspecified atom stereocenters. The van der Waals surface area contributed by atoms with E-state index in [1.165, 1.54) is 0 Å². The van der Waals surface area contributed by atoms with Crippen LogP contribution in [0.1, 0.15) is 0 Å². The molecule has 0 fully saturated rings. The molecule has 0 aromatic carbocycles. The van der Waals surface area contributed by atoms with E-state index in [0.29, 0.717) is 0 Å². The molecule has 5 heteroatoms. The molecule has 0 bridgehead atoms. The molecule has 0 aromatic heterocycles. The zero-order chi connectivity index (χ0) is 5.15. The lowest BCUT2D eigenvalue weighted by Crippen LogP contribution is -1.92. The molecule has 0 spiro atoms. The molecule has 0 saturated carbocycles. The smallest absolute Gasteiger partial charge is 0.409 e. The molecule has 1 atom stereocenters. The largest absolute Gasteiger partial charge is 0.608 e. The molecule has 0 rings (SSSR count). The first-order chi connectivity index (χ1) is 2.64. The van der Waals surface area contributed by atoms with Crippen LogP contribution in [0.3, 0.4) is 0 Å². The van der Waals surface area contributed by atoms with Gasteiger partial charge in [0.05, 0.1) is 0 Å². The minimum Gasteiger partial charge on any atom is -0.608 e. The number of hydrogen-bond acceptors (Lipinski definition) is 2. The van der Waals surface area contributed by atoms with E-state index in [2.05, 4.69) is 0 Å². The van der Waals surface area contributed by atoms with Gasteiger partial charge in [-0.2, -0.15) is 8.78 Å². The number of nitrogens with one attached hydrogen (secondary N) is 1. The third kappa shape index (κ3) is 2.18. The Hall–Kier alpha value is -0.0800. The lowest BCUT2D eigenvalue weighted by molar-refractivity contribution is -0.165. The number of rotatable bonds is 1. The van der Waals surface area contributed by atoms with Crippen molar-refractivity contribution in [3.63, 3.8) is 0 Å². The summed E-state index contributed by atoms with van der Waals surface area (Å²) in [6.45, 7) is 0. The Kier molecular flexibility index (Phi) is 2.13. The highest BCUT2D eigenvalue weighted by atomic mass is 31.1. The summed E-state index contributed by atoms with van der Waals surface area (Å²) in [5.41, 5.74) is 0. The highest BCUT2D eigenvalue weighted by molar-refractivity contribution is 7.38. The fourth-order valence-electron chi connectivity index (χ4n) is 0. The number of halogens is 2. The van der Waals surface area contributed by atoms with E-state index >= 15 is 0 Å². The van der Waals surface area contributed by atoms with Gasteiger partial charge in [-0.3, -0.25) is 0 Å². The Labute approximate surface area is 34.1 Å². The molecule has 0 heterocycles. The first kappa shape index (κ1) is 5.92. The van der Waals surface area contributed by atoms with Gasteiger partial charge in [0.1, 0.15) is 0 Å². The monoisotopic (exact) mass is 113 g/mol. The minimum atomic E-state index is -2.99. The van der Waals surface area contributed by atoms with Crippen molar-refractivity contribution in [1.82, 2.24) is 0 Å². The molecule has 0 aromatic rings. The van der Waals surface area contributed by atoms with Gasteiger partial charge in [-0.25, -0.2) is 0 Å². The predicted molar refractivity (Wildman–Crippen MR) is 15.6 cm³/mol. The van der Waals surface area contributed by atoms with Crippen LogP contribution in [0.15, 0.2) is 0 Å². The highest BCUT2D eigenvalue weighted by Gasteiger charge is 2.09. The standard InChI is InChI=1S/CH2F2NOP/c2-1(3)6(4)5/h1,4H. The van der Waals surface area contributed by atoms with Crippen LogP contribution < -0.4 is 4.89 Å². The van der Waals surface area contributed by atoms with Crippen molar-refractivity contribution in [2.75, 3.05) is 0 Å². The quantitative estimate of drug-likeness (QED) is 0.500. The van der Waals surface area contributed by atoms with Crippen LogP contribution in [0.25, 0.3) is 0 Å². The number of alkyl halides is 2. The van der Waals surface area contributed by atoms with Crippen molar-refractivity contribution in [3.8, 4) is 0 Å². The van der Waals surface area contributed by atoms with Crippen molar-refractivity contribution >= 4 is 7.94 Å². The topological polar surface area (TPSA) is 46.9 Å². The fraction of sp³-hybridized carbons (Fsp3) is 1.00. The summed E-state index contributed by atoms with van der Waals surface area (Å²) >= 11 is 0. The van der Waals surface area contributed by atoms with Gasteiger partial charge in [0, 0.05) is 0 Å². The van der Waals surface area contributed by atoms with E-state index < -0.39 is 14.1 Å². The molecule has 0 aliphatic carbocycles. The summed E-state index contributed by atoms with van der Waals surface area (Å²) in [6, 6.07) is 0. The van der Waals surface area contributed by atoms with Crippen LogP contribution >= 0.6 is 7.94 Å². The first-order valence-electron chi connectivity index (χ1n) is 1.10. The van der Waals surface area contributed by atoms with E-state index in [9.17, 15) is 13.7 Å². The van der Waals surface area contributed by atoms with Crippen LogP contribution in [-0.4, -0.2) is 6.17 Å². The lowest BCUT2D eigenvalue weighted by atomic mass is 11.7. The van der Waals surface area contributed by atoms with E-state index in [4.69, 9.17) is 5.16 Å². The molecule has 36 valence electrons. The summed E-state index contributed by atoms with van der Waals surface area (Å²) < 4.78 is 21.4. The Morgan fingerprint density at radius 3 is 1.83 bits per heavy atom. The number of hydrogen-bond donors (Lipinski definition) is 1. The van der Waals surface area contributed by atoms with Crippen molar-refractivity contribution in [2.45, 2.75) is 6.17 Å². The van der Waals surface area contributed by atoms with Crippen LogP contribution in [0.2, 0.25) is 0 Å². The second kappa shape index (κ2) is 2.16.